The number of benzene rings is 1. The van der Waals surface area contributed by atoms with Gasteiger partial charge >= 0.3 is 5.97 Å². The van der Waals surface area contributed by atoms with E-state index in [1.165, 1.54) is 16.7 Å². The van der Waals surface area contributed by atoms with Crippen molar-refractivity contribution in [2.24, 2.45) is 5.41 Å². The lowest BCUT2D eigenvalue weighted by Gasteiger charge is -2.38. The zero-order chi connectivity index (χ0) is 19.3. The van der Waals surface area contributed by atoms with E-state index in [0.29, 0.717) is 13.0 Å². The molecule has 0 unspecified atom stereocenters. The summed E-state index contributed by atoms with van der Waals surface area (Å²) >= 11 is 3.59. The molecule has 0 bridgehead atoms. The van der Waals surface area contributed by atoms with E-state index in [2.05, 4.69) is 48.5 Å². The molecule has 4 heteroatoms. The van der Waals surface area contributed by atoms with Gasteiger partial charge in [-0.25, -0.2) is 0 Å². The van der Waals surface area contributed by atoms with Crippen LogP contribution >= 0.6 is 15.9 Å². The Bertz CT molecular complexity index is 658. The normalized spacial score (nSPS) is 22.9. The van der Waals surface area contributed by atoms with Crippen LogP contribution in [0.1, 0.15) is 55.7 Å². The minimum absolute atomic E-state index is 0.0700. The molecule has 1 fully saturated rings. The second-order valence-corrected chi connectivity index (χ2v) is 8.42. The van der Waals surface area contributed by atoms with Crippen molar-refractivity contribution in [3.05, 3.63) is 45.4 Å². The van der Waals surface area contributed by atoms with E-state index >= 15 is 0 Å². The molecule has 0 atom stereocenters. The molecule has 0 radical (unpaired) electrons. The Morgan fingerprint density at radius 1 is 1.27 bits per heavy atom. The number of carbonyl (C=O) groups excluding carboxylic acids is 1. The predicted molar refractivity (Wildman–Crippen MR) is 109 cm³/mol. The summed E-state index contributed by atoms with van der Waals surface area (Å²) in [5.74, 6) is -0.0700. The molecule has 1 aliphatic carbocycles. The summed E-state index contributed by atoms with van der Waals surface area (Å²) in [7, 11) is 1.75. The average Bonchev–Trinajstić information content (AvgIpc) is 2.60. The Balaban J connectivity index is 2.14. The highest BCUT2D eigenvalue weighted by atomic mass is 79.9. The molecule has 1 saturated carbocycles. The third-order valence-electron chi connectivity index (χ3n) is 5.58. The molecule has 2 rings (SSSR count). The molecular weight excluding hydrogens is 392 g/mol. The van der Waals surface area contributed by atoms with Gasteiger partial charge in [0.2, 0.25) is 0 Å². The Labute approximate surface area is 166 Å². The van der Waals surface area contributed by atoms with E-state index in [-0.39, 0.29) is 12.1 Å². The first kappa shape index (κ1) is 21.2. The van der Waals surface area contributed by atoms with E-state index < -0.39 is 5.41 Å². The molecular formula is C22H31BrO3. The van der Waals surface area contributed by atoms with Crippen molar-refractivity contribution >= 4 is 21.9 Å². The number of esters is 1. The first-order valence-corrected chi connectivity index (χ1v) is 10.2. The van der Waals surface area contributed by atoms with E-state index in [0.717, 1.165) is 42.1 Å². The maximum absolute atomic E-state index is 12.8. The van der Waals surface area contributed by atoms with Gasteiger partial charge in [0.1, 0.15) is 0 Å². The van der Waals surface area contributed by atoms with Crippen molar-refractivity contribution in [2.45, 2.75) is 65.4 Å². The van der Waals surface area contributed by atoms with E-state index in [1.54, 1.807) is 7.11 Å². The molecule has 0 heterocycles. The average molecular weight is 423 g/mol. The van der Waals surface area contributed by atoms with Crippen LogP contribution in [0.15, 0.2) is 28.8 Å². The fourth-order valence-electron chi connectivity index (χ4n) is 3.96. The number of ether oxygens (including phenoxy) is 2. The molecule has 0 N–H and O–H groups in total. The second-order valence-electron chi connectivity index (χ2n) is 7.57. The van der Waals surface area contributed by atoms with Crippen LogP contribution in [0.3, 0.4) is 0 Å². The fraction of sp³-hybridized carbons (Fsp3) is 0.591. The van der Waals surface area contributed by atoms with Crippen LogP contribution in [0.25, 0.3) is 0 Å². The van der Waals surface area contributed by atoms with Crippen molar-refractivity contribution in [1.29, 1.82) is 0 Å². The SMILES string of the molecule is C=C(Cc1cc(C)c(Br)cc1C)CC1(C(=O)OCC)CCC(OC)CC1. The number of hydrogen-bond donors (Lipinski definition) is 0. The Morgan fingerprint density at radius 3 is 2.50 bits per heavy atom. The molecule has 1 aromatic carbocycles. The van der Waals surface area contributed by atoms with Crippen LogP contribution in [0.4, 0.5) is 0 Å². The van der Waals surface area contributed by atoms with Gasteiger partial charge in [0.15, 0.2) is 0 Å². The molecule has 1 aromatic rings. The van der Waals surface area contributed by atoms with Crippen LogP contribution in [0.2, 0.25) is 0 Å². The number of aryl methyl sites for hydroxylation is 2. The van der Waals surface area contributed by atoms with Gasteiger partial charge < -0.3 is 9.47 Å². The minimum Gasteiger partial charge on any atom is -0.466 e. The standard InChI is InChI=1S/C22H31BrO3/c1-6-26-21(24)22(9-7-19(25-5)8-10-22)14-15(2)11-18-12-17(4)20(23)13-16(18)3/h12-13,19H,2,6-11,14H2,1,3-5H3. The van der Waals surface area contributed by atoms with Crippen LogP contribution in [0.5, 0.6) is 0 Å². The summed E-state index contributed by atoms with van der Waals surface area (Å²) in [6.07, 6.45) is 5.16. The van der Waals surface area contributed by atoms with Gasteiger partial charge in [0, 0.05) is 11.6 Å². The summed E-state index contributed by atoms with van der Waals surface area (Å²) < 4.78 is 12.1. The number of hydrogen-bond acceptors (Lipinski definition) is 3. The highest BCUT2D eigenvalue weighted by molar-refractivity contribution is 9.10. The van der Waals surface area contributed by atoms with E-state index in [1.807, 2.05) is 6.92 Å². The van der Waals surface area contributed by atoms with Gasteiger partial charge in [-0.05, 0) is 82.1 Å². The fourth-order valence-corrected chi connectivity index (χ4v) is 4.42. The number of allylic oxidation sites excluding steroid dienone is 1. The largest absolute Gasteiger partial charge is 0.466 e. The van der Waals surface area contributed by atoms with Gasteiger partial charge in [0.25, 0.3) is 0 Å². The molecule has 0 spiro atoms. The molecule has 0 saturated heterocycles. The lowest BCUT2D eigenvalue weighted by atomic mass is 9.69. The molecule has 0 aliphatic heterocycles. The predicted octanol–water partition coefficient (Wildman–Crippen LogP) is 5.69. The van der Waals surface area contributed by atoms with Crippen molar-refractivity contribution in [3.8, 4) is 0 Å². The number of rotatable bonds is 7. The summed E-state index contributed by atoms with van der Waals surface area (Å²) in [6.45, 7) is 10.8. The summed E-state index contributed by atoms with van der Waals surface area (Å²) in [6, 6.07) is 4.37. The molecule has 0 aromatic heterocycles. The van der Waals surface area contributed by atoms with E-state index in [4.69, 9.17) is 9.47 Å². The van der Waals surface area contributed by atoms with Crippen molar-refractivity contribution in [3.63, 3.8) is 0 Å². The second kappa shape index (κ2) is 9.18. The van der Waals surface area contributed by atoms with Gasteiger partial charge in [-0.1, -0.05) is 34.1 Å². The van der Waals surface area contributed by atoms with Crippen molar-refractivity contribution < 1.29 is 14.3 Å². The Morgan fingerprint density at radius 2 is 1.92 bits per heavy atom. The van der Waals surface area contributed by atoms with E-state index in [9.17, 15) is 4.79 Å². The van der Waals surface area contributed by atoms with Crippen LogP contribution in [0, 0.1) is 19.3 Å². The lowest BCUT2D eigenvalue weighted by molar-refractivity contribution is -0.159. The number of halogens is 1. The molecule has 1 aliphatic rings. The monoisotopic (exact) mass is 422 g/mol. The zero-order valence-electron chi connectivity index (χ0n) is 16.5. The lowest BCUT2D eigenvalue weighted by Crippen LogP contribution is -2.39. The molecule has 26 heavy (non-hydrogen) atoms. The quantitative estimate of drug-likeness (QED) is 0.417. The molecule has 144 valence electrons. The topological polar surface area (TPSA) is 35.5 Å². The van der Waals surface area contributed by atoms with Crippen molar-refractivity contribution in [2.75, 3.05) is 13.7 Å². The van der Waals surface area contributed by atoms with Crippen LogP contribution in [-0.4, -0.2) is 25.8 Å². The van der Waals surface area contributed by atoms with Gasteiger partial charge in [0.05, 0.1) is 18.1 Å². The highest BCUT2D eigenvalue weighted by Gasteiger charge is 2.43. The zero-order valence-corrected chi connectivity index (χ0v) is 18.1. The maximum Gasteiger partial charge on any atom is 0.312 e. The summed E-state index contributed by atoms with van der Waals surface area (Å²) in [5, 5.41) is 0. The third-order valence-corrected chi connectivity index (χ3v) is 6.43. The Hall–Kier alpha value is -1.13. The summed E-state index contributed by atoms with van der Waals surface area (Å²) in [4.78, 5) is 12.8. The van der Waals surface area contributed by atoms with Gasteiger partial charge in [-0.3, -0.25) is 4.79 Å². The molecule has 0 amide bonds. The summed E-state index contributed by atoms with van der Waals surface area (Å²) in [5.41, 5.74) is 4.40. The Kier molecular flexibility index (Phi) is 7.48. The first-order valence-electron chi connectivity index (χ1n) is 9.43. The minimum atomic E-state index is -0.444. The van der Waals surface area contributed by atoms with Gasteiger partial charge in [-0.2, -0.15) is 0 Å². The maximum atomic E-state index is 12.8. The number of methoxy groups -OCH3 is 1. The first-order chi connectivity index (χ1) is 12.3. The highest BCUT2D eigenvalue weighted by Crippen LogP contribution is 2.43. The van der Waals surface area contributed by atoms with Crippen LogP contribution in [-0.2, 0) is 20.7 Å². The number of carbonyl (C=O) groups is 1. The van der Waals surface area contributed by atoms with Crippen LogP contribution < -0.4 is 0 Å². The molecule has 3 nitrogen and oxygen atoms in total. The third kappa shape index (κ3) is 4.98. The van der Waals surface area contributed by atoms with Gasteiger partial charge in [-0.15, -0.1) is 0 Å². The smallest absolute Gasteiger partial charge is 0.312 e. The van der Waals surface area contributed by atoms with Crippen molar-refractivity contribution in [1.82, 2.24) is 0 Å².